The molecule has 1 aromatic rings. The second-order valence-electron chi connectivity index (χ2n) is 3.57. The highest BCUT2D eigenvalue weighted by atomic mass is 79.9. The van der Waals surface area contributed by atoms with Crippen LogP contribution in [0.1, 0.15) is 12.0 Å². The number of rotatable bonds is 3. The Morgan fingerprint density at radius 3 is 3.14 bits per heavy atom. The van der Waals surface area contributed by atoms with Crippen molar-refractivity contribution in [2.24, 2.45) is 0 Å². The third kappa shape index (κ3) is 3.01. The van der Waals surface area contributed by atoms with Crippen LogP contribution in [0.3, 0.4) is 0 Å². The lowest BCUT2D eigenvalue weighted by Crippen LogP contribution is -2.27. The standard InChI is InChI=1S/C11H14BrNS/c12-10-3-1-2-9(6-10)7-13-11-4-5-14-8-11/h1-3,6,11,13H,4-5,7-8H2. The maximum Gasteiger partial charge on any atom is 0.0208 e. The summed E-state index contributed by atoms with van der Waals surface area (Å²) in [5.41, 5.74) is 1.36. The average Bonchev–Trinajstić information content (AvgIpc) is 2.67. The van der Waals surface area contributed by atoms with Gasteiger partial charge in [-0.15, -0.1) is 0 Å². The van der Waals surface area contributed by atoms with E-state index in [-0.39, 0.29) is 0 Å². The van der Waals surface area contributed by atoms with Gasteiger partial charge in [0.15, 0.2) is 0 Å². The van der Waals surface area contributed by atoms with Gasteiger partial charge in [0.2, 0.25) is 0 Å². The Bertz CT molecular complexity index is 297. The fraction of sp³-hybridized carbons (Fsp3) is 0.455. The highest BCUT2D eigenvalue weighted by Gasteiger charge is 2.13. The fourth-order valence-corrected chi connectivity index (χ4v) is 3.24. The monoisotopic (exact) mass is 271 g/mol. The van der Waals surface area contributed by atoms with Crippen LogP contribution in [0.4, 0.5) is 0 Å². The predicted molar refractivity (Wildman–Crippen MR) is 66.7 cm³/mol. The van der Waals surface area contributed by atoms with Gasteiger partial charge in [-0.05, 0) is 29.9 Å². The molecule has 1 aliphatic rings. The molecule has 1 unspecified atom stereocenters. The van der Waals surface area contributed by atoms with Gasteiger partial charge in [-0.2, -0.15) is 11.8 Å². The summed E-state index contributed by atoms with van der Waals surface area (Å²) in [6, 6.07) is 9.22. The molecule has 0 saturated carbocycles. The van der Waals surface area contributed by atoms with Crippen molar-refractivity contribution in [3.05, 3.63) is 34.3 Å². The van der Waals surface area contributed by atoms with Crippen LogP contribution in [0.25, 0.3) is 0 Å². The van der Waals surface area contributed by atoms with Gasteiger partial charge >= 0.3 is 0 Å². The van der Waals surface area contributed by atoms with Gasteiger partial charge in [0.1, 0.15) is 0 Å². The van der Waals surface area contributed by atoms with E-state index in [1.54, 1.807) is 0 Å². The van der Waals surface area contributed by atoms with Crippen LogP contribution >= 0.6 is 27.7 Å². The molecular formula is C11H14BrNS. The van der Waals surface area contributed by atoms with E-state index in [4.69, 9.17) is 0 Å². The predicted octanol–water partition coefficient (Wildman–Crippen LogP) is 3.04. The Balaban J connectivity index is 1.85. The topological polar surface area (TPSA) is 12.0 Å². The van der Waals surface area contributed by atoms with E-state index in [1.807, 2.05) is 11.8 Å². The van der Waals surface area contributed by atoms with Gasteiger partial charge in [0.25, 0.3) is 0 Å². The highest BCUT2D eigenvalue weighted by Crippen LogP contribution is 2.18. The number of hydrogen-bond donors (Lipinski definition) is 1. The molecule has 0 aliphatic carbocycles. The van der Waals surface area contributed by atoms with Crippen molar-refractivity contribution >= 4 is 27.7 Å². The molecule has 1 saturated heterocycles. The highest BCUT2D eigenvalue weighted by molar-refractivity contribution is 9.10. The molecule has 0 spiro atoms. The summed E-state index contributed by atoms with van der Waals surface area (Å²) >= 11 is 5.53. The Labute approximate surface area is 97.8 Å². The van der Waals surface area contributed by atoms with Crippen molar-refractivity contribution in [2.75, 3.05) is 11.5 Å². The lowest BCUT2D eigenvalue weighted by atomic mass is 10.2. The van der Waals surface area contributed by atoms with Gasteiger partial charge in [-0.1, -0.05) is 28.1 Å². The molecule has 1 aliphatic heterocycles. The Morgan fingerprint density at radius 1 is 1.50 bits per heavy atom. The Hall–Kier alpha value is 0.01000. The van der Waals surface area contributed by atoms with Gasteiger partial charge in [-0.3, -0.25) is 0 Å². The second-order valence-corrected chi connectivity index (χ2v) is 5.64. The summed E-state index contributed by atoms with van der Waals surface area (Å²) in [4.78, 5) is 0. The third-order valence-corrected chi connectivity index (χ3v) is 4.07. The van der Waals surface area contributed by atoms with Crippen LogP contribution in [0, 0.1) is 0 Å². The van der Waals surface area contributed by atoms with Crippen LogP contribution < -0.4 is 5.32 Å². The summed E-state index contributed by atoms with van der Waals surface area (Å²) in [6.45, 7) is 0.991. The zero-order valence-corrected chi connectivity index (χ0v) is 10.4. The van der Waals surface area contributed by atoms with Crippen molar-refractivity contribution in [1.29, 1.82) is 0 Å². The van der Waals surface area contributed by atoms with E-state index in [9.17, 15) is 0 Å². The van der Waals surface area contributed by atoms with Crippen molar-refractivity contribution in [2.45, 2.75) is 19.0 Å². The molecule has 1 aromatic carbocycles. The van der Waals surface area contributed by atoms with E-state index >= 15 is 0 Å². The van der Waals surface area contributed by atoms with E-state index in [2.05, 4.69) is 45.5 Å². The molecular weight excluding hydrogens is 258 g/mol. The number of thioether (sulfide) groups is 1. The Kier molecular flexibility index (Phi) is 3.90. The van der Waals surface area contributed by atoms with Crippen molar-refractivity contribution in [3.63, 3.8) is 0 Å². The molecule has 1 atom stereocenters. The number of hydrogen-bond acceptors (Lipinski definition) is 2. The second kappa shape index (κ2) is 5.19. The first-order valence-corrected chi connectivity index (χ1v) is 6.85. The van der Waals surface area contributed by atoms with Crippen LogP contribution in [-0.2, 0) is 6.54 Å². The maximum absolute atomic E-state index is 3.58. The molecule has 1 fully saturated rings. The lowest BCUT2D eigenvalue weighted by molar-refractivity contribution is 0.558. The fourth-order valence-electron chi connectivity index (χ4n) is 1.60. The molecule has 1 nitrogen and oxygen atoms in total. The minimum atomic E-state index is 0.721. The van der Waals surface area contributed by atoms with Crippen molar-refractivity contribution < 1.29 is 0 Å². The summed E-state index contributed by atoms with van der Waals surface area (Å²) in [7, 11) is 0. The van der Waals surface area contributed by atoms with Gasteiger partial charge in [0, 0.05) is 22.8 Å². The van der Waals surface area contributed by atoms with Crippen LogP contribution in [0.5, 0.6) is 0 Å². The van der Waals surface area contributed by atoms with E-state index in [1.165, 1.54) is 23.5 Å². The zero-order chi connectivity index (χ0) is 9.80. The van der Waals surface area contributed by atoms with Crippen LogP contribution in [-0.4, -0.2) is 17.5 Å². The number of nitrogens with one attached hydrogen (secondary N) is 1. The molecule has 76 valence electrons. The van der Waals surface area contributed by atoms with E-state index in [0.717, 1.165) is 17.1 Å². The van der Waals surface area contributed by atoms with Gasteiger partial charge in [-0.25, -0.2) is 0 Å². The molecule has 0 aromatic heterocycles. The van der Waals surface area contributed by atoms with E-state index in [0.29, 0.717) is 0 Å². The molecule has 0 amide bonds. The summed E-state index contributed by atoms with van der Waals surface area (Å²) in [6.07, 6.45) is 1.32. The van der Waals surface area contributed by atoms with Gasteiger partial charge in [0.05, 0.1) is 0 Å². The quantitative estimate of drug-likeness (QED) is 0.907. The molecule has 14 heavy (non-hydrogen) atoms. The number of halogens is 1. The summed E-state index contributed by atoms with van der Waals surface area (Å²) in [5.74, 6) is 2.59. The third-order valence-electron chi connectivity index (χ3n) is 2.41. The largest absolute Gasteiger partial charge is 0.309 e. The Morgan fingerprint density at radius 2 is 2.43 bits per heavy atom. The summed E-state index contributed by atoms with van der Waals surface area (Å²) < 4.78 is 1.16. The first-order valence-electron chi connectivity index (χ1n) is 4.90. The normalized spacial score (nSPS) is 21.4. The average molecular weight is 272 g/mol. The molecule has 0 radical (unpaired) electrons. The maximum atomic E-state index is 3.58. The summed E-state index contributed by atoms with van der Waals surface area (Å²) in [5, 5.41) is 3.58. The smallest absolute Gasteiger partial charge is 0.0208 e. The van der Waals surface area contributed by atoms with Crippen LogP contribution in [0.15, 0.2) is 28.7 Å². The molecule has 2 rings (SSSR count). The van der Waals surface area contributed by atoms with Crippen molar-refractivity contribution in [1.82, 2.24) is 5.32 Å². The SMILES string of the molecule is Brc1cccc(CNC2CCSC2)c1. The molecule has 1 N–H and O–H groups in total. The molecule has 3 heteroatoms. The van der Waals surface area contributed by atoms with E-state index < -0.39 is 0 Å². The lowest BCUT2D eigenvalue weighted by Gasteiger charge is -2.10. The molecule has 1 heterocycles. The first-order chi connectivity index (χ1) is 6.84. The zero-order valence-electron chi connectivity index (χ0n) is 8.00. The van der Waals surface area contributed by atoms with Crippen molar-refractivity contribution in [3.8, 4) is 0 Å². The molecule has 0 bridgehead atoms. The first kappa shape index (κ1) is 10.5. The minimum absolute atomic E-state index is 0.721. The van der Waals surface area contributed by atoms with Crippen LogP contribution in [0.2, 0.25) is 0 Å². The number of benzene rings is 1. The van der Waals surface area contributed by atoms with Gasteiger partial charge < -0.3 is 5.32 Å². The minimum Gasteiger partial charge on any atom is -0.309 e.